The van der Waals surface area contributed by atoms with Crippen LogP contribution >= 0.6 is 0 Å². The number of carbonyl (C=O) groups is 2. The molecule has 1 heterocycles. The molecule has 0 amide bonds. The Balaban J connectivity index is 3.02. The van der Waals surface area contributed by atoms with Crippen molar-refractivity contribution in [2.75, 3.05) is 14.2 Å². The lowest BCUT2D eigenvalue weighted by atomic mass is 10.1. The van der Waals surface area contributed by atoms with Crippen LogP contribution in [0.5, 0.6) is 0 Å². The number of methoxy groups -OCH3 is 2. The lowest BCUT2D eigenvalue weighted by Gasteiger charge is -2.11. The molecule has 0 atom stereocenters. The van der Waals surface area contributed by atoms with E-state index in [1.807, 2.05) is 0 Å². The predicted molar refractivity (Wildman–Crippen MR) is 51.0 cm³/mol. The smallest absolute Gasteiger partial charge is 0.326 e. The minimum Gasteiger partial charge on any atom is -0.468 e. The fourth-order valence-corrected chi connectivity index (χ4v) is 1.12. The topological polar surface area (TPSA) is 65.5 Å². The van der Waals surface area contributed by atoms with E-state index in [1.165, 1.54) is 20.4 Å². The highest BCUT2D eigenvalue weighted by Gasteiger charge is 2.31. The van der Waals surface area contributed by atoms with E-state index in [9.17, 15) is 9.59 Å². The number of esters is 2. The van der Waals surface area contributed by atoms with Crippen LogP contribution in [-0.4, -0.2) is 31.1 Å². The molecule has 0 radical (unpaired) electrons. The minimum absolute atomic E-state index is 0.316. The van der Waals surface area contributed by atoms with Crippen molar-refractivity contribution in [3.8, 4) is 0 Å². The van der Waals surface area contributed by atoms with Gasteiger partial charge in [-0.1, -0.05) is 6.07 Å². The number of aromatic nitrogens is 1. The van der Waals surface area contributed by atoms with Crippen molar-refractivity contribution >= 4 is 11.9 Å². The third-order valence-electron chi connectivity index (χ3n) is 1.86. The van der Waals surface area contributed by atoms with Gasteiger partial charge < -0.3 is 9.47 Å². The molecule has 0 N–H and O–H groups in total. The Bertz CT molecular complexity index is 334. The van der Waals surface area contributed by atoms with Crippen molar-refractivity contribution in [2.45, 2.75) is 5.92 Å². The molecule has 0 spiro atoms. The average molecular weight is 209 g/mol. The largest absolute Gasteiger partial charge is 0.468 e. The maximum Gasteiger partial charge on any atom is 0.326 e. The van der Waals surface area contributed by atoms with Crippen molar-refractivity contribution in [1.29, 1.82) is 0 Å². The normalized spacial score (nSPS) is 9.80. The van der Waals surface area contributed by atoms with Gasteiger partial charge in [-0.15, -0.1) is 0 Å². The molecule has 0 unspecified atom stereocenters. The first kappa shape index (κ1) is 11.2. The van der Waals surface area contributed by atoms with Crippen LogP contribution in [0.15, 0.2) is 24.4 Å². The molecule has 0 saturated heterocycles. The van der Waals surface area contributed by atoms with Gasteiger partial charge in [0.05, 0.1) is 19.9 Å². The van der Waals surface area contributed by atoms with Gasteiger partial charge in [-0.25, -0.2) is 0 Å². The summed E-state index contributed by atoms with van der Waals surface area (Å²) < 4.78 is 9.02. The summed E-state index contributed by atoms with van der Waals surface area (Å²) in [6.07, 6.45) is 1.49. The van der Waals surface area contributed by atoms with Crippen molar-refractivity contribution in [1.82, 2.24) is 4.98 Å². The predicted octanol–water partition coefficient (Wildman–Crippen LogP) is 0.511. The first-order valence-corrected chi connectivity index (χ1v) is 4.27. The van der Waals surface area contributed by atoms with Crippen molar-refractivity contribution < 1.29 is 19.1 Å². The van der Waals surface area contributed by atoms with E-state index < -0.39 is 17.9 Å². The van der Waals surface area contributed by atoms with Crippen LogP contribution in [0.3, 0.4) is 0 Å². The maximum atomic E-state index is 11.3. The second-order valence-electron chi connectivity index (χ2n) is 2.73. The number of hydrogen-bond acceptors (Lipinski definition) is 5. The molecule has 0 aliphatic carbocycles. The molecule has 80 valence electrons. The standard InChI is InChI=1S/C10H11NO4/c1-14-9(12)8(10(13)15-2)7-5-3-4-6-11-7/h3-6,8H,1-2H3. The zero-order chi connectivity index (χ0) is 11.3. The SMILES string of the molecule is COC(=O)C(C(=O)OC)c1ccccn1. The van der Waals surface area contributed by atoms with E-state index >= 15 is 0 Å². The van der Waals surface area contributed by atoms with E-state index in [-0.39, 0.29) is 0 Å². The summed E-state index contributed by atoms with van der Waals surface area (Å²) in [6, 6.07) is 4.94. The van der Waals surface area contributed by atoms with Gasteiger partial charge in [0, 0.05) is 6.20 Å². The Hall–Kier alpha value is -1.91. The van der Waals surface area contributed by atoms with Gasteiger partial charge in [-0.05, 0) is 12.1 Å². The van der Waals surface area contributed by atoms with Crippen molar-refractivity contribution in [2.24, 2.45) is 0 Å². The summed E-state index contributed by atoms with van der Waals surface area (Å²) in [7, 11) is 2.42. The molecule has 0 fully saturated rings. The first-order valence-electron chi connectivity index (χ1n) is 4.27. The molecule has 0 saturated carbocycles. The molecule has 5 heteroatoms. The van der Waals surface area contributed by atoms with E-state index in [0.717, 1.165) is 0 Å². The number of nitrogens with zero attached hydrogens (tertiary/aromatic N) is 1. The number of ether oxygens (including phenoxy) is 2. The number of pyridine rings is 1. The molecule has 0 aliphatic heterocycles. The molecule has 1 aromatic heterocycles. The van der Waals surface area contributed by atoms with E-state index in [0.29, 0.717) is 5.69 Å². The molecule has 0 aliphatic rings. The Morgan fingerprint density at radius 2 is 1.80 bits per heavy atom. The number of carbonyl (C=O) groups excluding carboxylic acids is 2. The van der Waals surface area contributed by atoms with Crippen LogP contribution < -0.4 is 0 Å². The molecular weight excluding hydrogens is 198 g/mol. The van der Waals surface area contributed by atoms with Gasteiger partial charge in [0.1, 0.15) is 0 Å². The minimum atomic E-state index is -1.11. The summed E-state index contributed by atoms with van der Waals surface area (Å²) in [5.74, 6) is -2.47. The highest BCUT2D eigenvalue weighted by Crippen LogP contribution is 2.16. The number of rotatable bonds is 3. The average Bonchev–Trinajstić information content (AvgIpc) is 2.30. The van der Waals surface area contributed by atoms with Crippen LogP contribution in [0.25, 0.3) is 0 Å². The van der Waals surface area contributed by atoms with E-state index in [1.54, 1.807) is 18.2 Å². The van der Waals surface area contributed by atoms with Gasteiger partial charge >= 0.3 is 11.9 Å². The van der Waals surface area contributed by atoms with E-state index in [4.69, 9.17) is 0 Å². The molecule has 5 nitrogen and oxygen atoms in total. The third kappa shape index (κ3) is 2.52. The molecule has 0 bridgehead atoms. The lowest BCUT2D eigenvalue weighted by molar-refractivity contribution is -0.154. The molecule has 0 aromatic carbocycles. The van der Waals surface area contributed by atoms with Gasteiger partial charge in [-0.2, -0.15) is 0 Å². The zero-order valence-corrected chi connectivity index (χ0v) is 8.47. The first-order chi connectivity index (χ1) is 7.20. The number of hydrogen-bond donors (Lipinski definition) is 0. The summed E-state index contributed by atoms with van der Waals surface area (Å²) >= 11 is 0. The fourth-order valence-electron chi connectivity index (χ4n) is 1.12. The van der Waals surface area contributed by atoms with Crippen LogP contribution in [0.4, 0.5) is 0 Å². The summed E-state index contributed by atoms with van der Waals surface area (Å²) in [5.41, 5.74) is 0.316. The molecule has 1 aromatic rings. The summed E-state index contributed by atoms with van der Waals surface area (Å²) in [5, 5.41) is 0. The molecule has 1 rings (SSSR count). The third-order valence-corrected chi connectivity index (χ3v) is 1.86. The second kappa shape index (κ2) is 5.09. The van der Waals surface area contributed by atoms with Gasteiger partial charge in [0.25, 0.3) is 0 Å². The maximum absolute atomic E-state index is 11.3. The van der Waals surface area contributed by atoms with Crippen LogP contribution in [0.2, 0.25) is 0 Å². The van der Waals surface area contributed by atoms with Gasteiger partial charge in [-0.3, -0.25) is 14.6 Å². The summed E-state index contributed by atoms with van der Waals surface area (Å²) in [4.78, 5) is 26.6. The Morgan fingerprint density at radius 1 is 1.20 bits per heavy atom. The molecular formula is C10H11NO4. The summed E-state index contributed by atoms with van der Waals surface area (Å²) in [6.45, 7) is 0. The fraction of sp³-hybridized carbons (Fsp3) is 0.300. The van der Waals surface area contributed by atoms with Gasteiger partial charge in [0.2, 0.25) is 0 Å². The van der Waals surface area contributed by atoms with Crippen molar-refractivity contribution in [3.63, 3.8) is 0 Å². The molecule has 15 heavy (non-hydrogen) atoms. The zero-order valence-electron chi connectivity index (χ0n) is 8.47. The van der Waals surface area contributed by atoms with E-state index in [2.05, 4.69) is 14.5 Å². The Labute approximate surface area is 87.0 Å². The second-order valence-corrected chi connectivity index (χ2v) is 2.73. The van der Waals surface area contributed by atoms with Crippen LogP contribution in [0.1, 0.15) is 11.6 Å². The monoisotopic (exact) mass is 209 g/mol. The highest BCUT2D eigenvalue weighted by atomic mass is 16.5. The van der Waals surface area contributed by atoms with Crippen LogP contribution in [0, 0.1) is 0 Å². The van der Waals surface area contributed by atoms with Crippen molar-refractivity contribution in [3.05, 3.63) is 30.1 Å². The quantitative estimate of drug-likeness (QED) is 0.536. The van der Waals surface area contributed by atoms with Crippen LogP contribution in [-0.2, 0) is 19.1 Å². The van der Waals surface area contributed by atoms with Gasteiger partial charge in [0.15, 0.2) is 5.92 Å². The Morgan fingerprint density at radius 3 is 2.20 bits per heavy atom. The highest BCUT2D eigenvalue weighted by molar-refractivity contribution is 6.00. The Kier molecular flexibility index (Phi) is 3.79. The lowest BCUT2D eigenvalue weighted by Crippen LogP contribution is -2.25.